The number of rotatable bonds is 4. The van der Waals surface area contributed by atoms with Crippen LogP contribution < -0.4 is 5.32 Å². The molecule has 4 heteroatoms. The number of nitrogens with zero attached hydrogens (tertiary/aromatic N) is 2. The van der Waals surface area contributed by atoms with E-state index < -0.39 is 0 Å². The van der Waals surface area contributed by atoms with E-state index in [1.807, 2.05) is 13.0 Å². The average Bonchev–Trinajstić information content (AvgIpc) is 2.36. The predicted octanol–water partition coefficient (Wildman–Crippen LogP) is 3.72. The Balaban J connectivity index is 2.08. The van der Waals surface area contributed by atoms with Crippen LogP contribution in [-0.2, 0) is 13.0 Å². The van der Waals surface area contributed by atoms with Gasteiger partial charge in [-0.15, -0.1) is 0 Å². The van der Waals surface area contributed by atoms with Gasteiger partial charge in [0.25, 0.3) is 0 Å². The molecular formula is C14H16BrN3. The van der Waals surface area contributed by atoms with E-state index in [0.29, 0.717) is 0 Å². The molecule has 94 valence electrons. The average molecular weight is 306 g/mol. The summed E-state index contributed by atoms with van der Waals surface area (Å²) in [5.74, 6) is 1.70. The first-order valence-electron chi connectivity index (χ1n) is 6.00. The molecule has 0 fully saturated rings. The van der Waals surface area contributed by atoms with Gasteiger partial charge in [-0.2, -0.15) is 0 Å². The first kappa shape index (κ1) is 13.0. The highest BCUT2D eigenvalue weighted by molar-refractivity contribution is 9.10. The zero-order chi connectivity index (χ0) is 13.0. The third kappa shape index (κ3) is 3.53. The lowest BCUT2D eigenvalue weighted by Gasteiger charge is -2.08. The zero-order valence-electron chi connectivity index (χ0n) is 10.6. The summed E-state index contributed by atoms with van der Waals surface area (Å²) in [5, 5.41) is 3.32. The van der Waals surface area contributed by atoms with E-state index >= 15 is 0 Å². The Morgan fingerprint density at radius 3 is 2.78 bits per heavy atom. The van der Waals surface area contributed by atoms with Crippen LogP contribution in [0.5, 0.6) is 0 Å². The van der Waals surface area contributed by atoms with E-state index in [-0.39, 0.29) is 0 Å². The van der Waals surface area contributed by atoms with E-state index in [2.05, 4.69) is 62.4 Å². The number of anilines is 1. The number of aromatic nitrogens is 2. The fourth-order valence-corrected chi connectivity index (χ4v) is 2.15. The highest BCUT2D eigenvalue weighted by Gasteiger charge is 2.01. The Labute approximate surface area is 116 Å². The number of halogens is 1. The Bertz CT molecular complexity index is 540. The molecule has 0 aliphatic carbocycles. The quantitative estimate of drug-likeness (QED) is 0.875. The van der Waals surface area contributed by atoms with E-state index in [1.54, 1.807) is 0 Å². The van der Waals surface area contributed by atoms with Crippen molar-refractivity contribution in [2.75, 3.05) is 5.32 Å². The maximum atomic E-state index is 4.44. The van der Waals surface area contributed by atoms with Crippen LogP contribution in [0.3, 0.4) is 0 Å². The van der Waals surface area contributed by atoms with Crippen molar-refractivity contribution in [1.29, 1.82) is 0 Å². The minimum absolute atomic E-state index is 0.772. The molecule has 0 spiro atoms. The van der Waals surface area contributed by atoms with Gasteiger partial charge in [0.2, 0.25) is 0 Å². The van der Waals surface area contributed by atoms with Crippen molar-refractivity contribution in [2.24, 2.45) is 0 Å². The van der Waals surface area contributed by atoms with E-state index in [0.717, 1.165) is 29.2 Å². The summed E-state index contributed by atoms with van der Waals surface area (Å²) in [4.78, 5) is 8.72. The predicted molar refractivity (Wildman–Crippen MR) is 77.6 cm³/mol. The molecule has 0 aliphatic rings. The number of nitrogens with one attached hydrogen (secondary N) is 1. The molecule has 1 aromatic carbocycles. The minimum atomic E-state index is 0.772. The van der Waals surface area contributed by atoms with Crippen molar-refractivity contribution in [1.82, 2.24) is 9.97 Å². The summed E-state index contributed by atoms with van der Waals surface area (Å²) >= 11 is 3.40. The molecule has 3 nitrogen and oxygen atoms in total. The molecule has 0 amide bonds. The fraction of sp³-hybridized carbons (Fsp3) is 0.286. The Morgan fingerprint density at radius 1 is 1.22 bits per heavy atom. The van der Waals surface area contributed by atoms with Gasteiger partial charge in [-0.3, -0.25) is 0 Å². The van der Waals surface area contributed by atoms with Crippen LogP contribution in [0.25, 0.3) is 0 Å². The molecule has 0 unspecified atom stereocenters. The minimum Gasteiger partial charge on any atom is -0.366 e. The molecule has 0 bridgehead atoms. The van der Waals surface area contributed by atoms with Crippen LogP contribution in [0.1, 0.15) is 23.9 Å². The standard InChI is InChI=1S/C14H16BrN3/c1-3-13-17-12(15)8-14(18-13)16-9-11-6-4-5-10(2)7-11/h4-8H,3,9H2,1-2H3,(H,16,17,18). The molecule has 18 heavy (non-hydrogen) atoms. The van der Waals surface area contributed by atoms with Gasteiger partial charge in [0, 0.05) is 19.0 Å². The summed E-state index contributed by atoms with van der Waals surface area (Å²) in [6, 6.07) is 10.3. The largest absolute Gasteiger partial charge is 0.366 e. The first-order valence-corrected chi connectivity index (χ1v) is 6.79. The molecule has 1 N–H and O–H groups in total. The van der Waals surface area contributed by atoms with Crippen molar-refractivity contribution in [3.05, 3.63) is 51.9 Å². The highest BCUT2D eigenvalue weighted by atomic mass is 79.9. The third-order valence-corrected chi connectivity index (χ3v) is 3.02. The molecular weight excluding hydrogens is 290 g/mol. The summed E-state index contributed by atoms with van der Waals surface area (Å²) in [6.45, 7) is 4.92. The van der Waals surface area contributed by atoms with Gasteiger partial charge in [-0.05, 0) is 28.4 Å². The lowest BCUT2D eigenvalue weighted by molar-refractivity contribution is 0.921. The molecule has 0 radical (unpaired) electrons. The molecule has 2 rings (SSSR count). The van der Waals surface area contributed by atoms with E-state index in [1.165, 1.54) is 11.1 Å². The third-order valence-electron chi connectivity index (χ3n) is 2.61. The SMILES string of the molecule is CCc1nc(Br)cc(NCc2cccc(C)c2)n1. The lowest BCUT2D eigenvalue weighted by atomic mass is 10.1. The highest BCUT2D eigenvalue weighted by Crippen LogP contribution is 2.14. The van der Waals surface area contributed by atoms with Gasteiger partial charge in [-0.1, -0.05) is 36.8 Å². The first-order chi connectivity index (χ1) is 8.67. The number of benzene rings is 1. The van der Waals surface area contributed by atoms with Crippen molar-refractivity contribution in [2.45, 2.75) is 26.8 Å². The topological polar surface area (TPSA) is 37.8 Å². The van der Waals surface area contributed by atoms with Gasteiger partial charge >= 0.3 is 0 Å². The summed E-state index contributed by atoms with van der Waals surface area (Å²) < 4.78 is 0.820. The van der Waals surface area contributed by atoms with Crippen molar-refractivity contribution in [3.63, 3.8) is 0 Å². The van der Waals surface area contributed by atoms with Crippen LogP contribution in [0.2, 0.25) is 0 Å². The van der Waals surface area contributed by atoms with Crippen LogP contribution in [0.15, 0.2) is 34.9 Å². The van der Waals surface area contributed by atoms with Crippen molar-refractivity contribution < 1.29 is 0 Å². The second-order valence-electron chi connectivity index (χ2n) is 4.19. The van der Waals surface area contributed by atoms with Gasteiger partial charge < -0.3 is 5.32 Å². The molecule has 0 aliphatic heterocycles. The molecule has 0 atom stereocenters. The van der Waals surface area contributed by atoms with Crippen molar-refractivity contribution >= 4 is 21.7 Å². The second-order valence-corrected chi connectivity index (χ2v) is 5.00. The van der Waals surface area contributed by atoms with Crippen molar-refractivity contribution in [3.8, 4) is 0 Å². The van der Waals surface area contributed by atoms with Crippen LogP contribution in [-0.4, -0.2) is 9.97 Å². The van der Waals surface area contributed by atoms with Gasteiger partial charge in [0.05, 0.1) is 0 Å². The molecule has 2 aromatic rings. The summed E-state index contributed by atoms with van der Waals surface area (Å²) in [6.07, 6.45) is 0.832. The van der Waals surface area contributed by atoms with E-state index in [9.17, 15) is 0 Å². The monoisotopic (exact) mass is 305 g/mol. The zero-order valence-corrected chi connectivity index (χ0v) is 12.2. The Morgan fingerprint density at radius 2 is 2.06 bits per heavy atom. The molecule has 1 aromatic heterocycles. The normalized spacial score (nSPS) is 10.4. The van der Waals surface area contributed by atoms with E-state index in [4.69, 9.17) is 0 Å². The Hall–Kier alpha value is -1.42. The molecule has 0 saturated carbocycles. The fourth-order valence-electron chi connectivity index (χ4n) is 1.73. The van der Waals surface area contributed by atoms with Gasteiger partial charge in [-0.25, -0.2) is 9.97 Å². The summed E-state index contributed by atoms with van der Waals surface area (Å²) in [7, 11) is 0. The molecule has 1 heterocycles. The van der Waals surface area contributed by atoms with Crippen LogP contribution in [0, 0.1) is 6.92 Å². The lowest BCUT2D eigenvalue weighted by Crippen LogP contribution is -2.04. The summed E-state index contributed by atoms with van der Waals surface area (Å²) in [5.41, 5.74) is 2.52. The maximum absolute atomic E-state index is 4.44. The smallest absolute Gasteiger partial charge is 0.131 e. The number of hydrogen-bond acceptors (Lipinski definition) is 3. The van der Waals surface area contributed by atoms with Crippen LogP contribution in [0.4, 0.5) is 5.82 Å². The van der Waals surface area contributed by atoms with Gasteiger partial charge in [0.15, 0.2) is 0 Å². The van der Waals surface area contributed by atoms with Gasteiger partial charge in [0.1, 0.15) is 16.2 Å². The molecule has 0 saturated heterocycles. The van der Waals surface area contributed by atoms with Crippen LogP contribution >= 0.6 is 15.9 Å². The Kier molecular flexibility index (Phi) is 4.31. The number of aryl methyl sites for hydroxylation is 2. The second kappa shape index (κ2) is 5.96. The maximum Gasteiger partial charge on any atom is 0.131 e. The number of hydrogen-bond donors (Lipinski definition) is 1.